The molecule has 0 aliphatic carbocycles. The molecule has 0 spiro atoms. The van der Waals surface area contributed by atoms with Crippen LogP contribution in [-0.4, -0.2) is 11.5 Å². The van der Waals surface area contributed by atoms with Gasteiger partial charge in [0.05, 0.1) is 5.69 Å². The minimum atomic E-state index is 0.778. The molecule has 2 nitrogen and oxygen atoms in total. The third kappa shape index (κ3) is 3.45. The molecular formula is C11H18N2. The molecule has 0 aromatic carbocycles. The molecule has 0 aliphatic rings. The lowest BCUT2D eigenvalue weighted by Gasteiger charge is -2.13. The summed E-state index contributed by atoms with van der Waals surface area (Å²) in [5.41, 5.74) is 1.12. The molecule has 0 atom stereocenters. The van der Waals surface area contributed by atoms with Gasteiger partial charge in [-0.05, 0) is 18.1 Å². The Balaban J connectivity index is 2.34. The zero-order valence-electron chi connectivity index (χ0n) is 8.46. The summed E-state index contributed by atoms with van der Waals surface area (Å²) < 4.78 is 0. The van der Waals surface area contributed by atoms with Gasteiger partial charge in [-0.1, -0.05) is 26.7 Å². The van der Waals surface area contributed by atoms with Crippen LogP contribution in [0.15, 0.2) is 24.5 Å². The third-order valence-electron chi connectivity index (χ3n) is 2.41. The molecule has 1 heterocycles. The molecule has 0 radical (unpaired) electrons. The van der Waals surface area contributed by atoms with Crippen molar-refractivity contribution in [3.8, 4) is 0 Å². The number of aromatic nitrogens is 1. The van der Waals surface area contributed by atoms with Gasteiger partial charge in [0.2, 0.25) is 0 Å². The fourth-order valence-electron chi connectivity index (χ4n) is 1.31. The van der Waals surface area contributed by atoms with E-state index in [1.807, 2.05) is 12.3 Å². The summed E-state index contributed by atoms with van der Waals surface area (Å²) in [6, 6.07) is 4.00. The maximum absolute atomic E-state index is 4.05. The van der Waals surface area contributed by atoms with Gasteiger partial charge in [-0.25, -0.2) is 0 Å². The largest absolute Gasteiger partial charge is 0.384 e. The van der Waals surface area contributed by atoms with Crippen molar-refractivity contribution in [3.05, 3.63) is 24.5 Å². The molecular weight excluding hydrogens is 160 g/mol. The predicted molar refractivity (Wildman–Crippen MR) is 56.8 cm³/mol. The fraction of sp³-hybridized carbons (Fsp3) is 0.545. The Bertz CT molecular complexity index is 217. The lowest BCUT2D eigenvalue weighted by molar-refractivity contribution is 0.519. The van der Waals surface area contributed by atoms with Gasteiger partial charge in [0.25, 0.3) is 0 Å². The molecule has 0 unspecified atom stereocenters. The zero-order chi connectivity index (χ0) is 9.52. The van der Waals surface area contributed by atoms with Gasteiger partial charge >= 0.3 is 0 Å². The van der Waals surface area contributed by atoms with Gasteiger partial charge in [-0.3, -0.25) is 4.98 Å². The highest BCUT2D eigenvalue weighted by atomic mass is 14.9. The van der Waals surface area contributed by atoms with Crippen LogP contribution in [0.1, 0.15) is 26.7 Å². The van der Waals surface area contributed by atoms with Crippen LogP contribution in [0.25, 0.3) is 0 Å². The van der Waals surface area contributed by atoms with Gasteiger partial charge in [0, 0.05) is 18.9 Å². The van der Waals surface area contributed by atoms with Crippen LogP contribution in [0, 0.1) is 5.92 Å². The molecule has 0 aliphatic heterocycles. The summed E-state index contributed by atoms with van der Waals surface area (Å²) in [4.78, 5) is 4.05. The SMILES string of the molecule is CCC(CC)CNc1cccnc1. The Hall–Kier alpha value is -1.05. The van der Waals surface area contributed by atoms with E-state index < -0.39 is 0 Å². The first-order valence-corrected chi connectivity index (χ1v) is 5.00. The Kier molecular flexibility index (Phi) is 4.30. The maximum atomic E-state index is 4.05. The van der Waals surface area contributed by atoms with E-state index in [0.717, 1.165) is 18.2 Å². The van der Waals surface area contributed by atoms with Crippen LogP contribution in [0.2, 0.25) is 0 Å². The number of anilines is 1. The number of nitrogens with one attached hydrogen (secondary N) is 1. The van der Waals surface area contributed by atoms with E-state index in [4.69, 9.17) is 0 Å². The van der Waals surface area contributed by atoms with Crippen molar-refractivity contribution >= 4 is 5.69 Å². The van der Waals surface area contributed by atoms with Gasteiger partial charge in [0.1, 0.15) is 0 Å². The minimum Gasteiger partial charge on any atom is -0.384 e. The van der Waals surface area contributed by atoms with E-state index in [-0.39, 0.29) is 0 Å². The maximum Gasteiger partial charge on any atom is 0.0526 e. The Morgan fingerprint density at radius 1 is 1.38 bits per heavy atom. The second-order valence-corrected chi connectivity index (χ2v) is 3.31. The molecule has 1 rings (SSSR count). The quantitative estimate of drug-likeness (QED) is 0.749. The average molecular weight is 178 g/mol. The summed E-state index contributed by atoms with van der Waals surface area (Å²) in [7, 11) is 0. The first-order chi connectivity index (χ1) is 6.36. The predicted octanol–water partition coefficient (Wildman–Crippen LogP) is 2.93. The summed E-state index contributed by atoms with van der Waals surface area (Å²) in [5.74, 6) is 0.778. The summed E-state index contributed by atoms with van der Waals surface area (Å²) >= 11 is 0. The van der Waals surface area contributed by atoms with Crippen molar-refractivity contribution in [1.82, 2.24) is 4.98 Å². The topological polar surface area (TPSA) is 24.9 Å². The van der Waals surface area contributed by atoms with Crippen LogP contribution < -0.4 is 5.32 Å². The average Bonchev–Trinajstić information content (AvgIpc) is 2.21. The zero-order valence-corrected chi connectivity index (χ0v) is 8.46. The summed E-state index contributed by atoms with van der Waals surface area (Å²) in [6.07, 6.45) is 6.14. The van der Waals surface area contributed by atoms with E-state index in [9.17, 15) is 0 Å². The Morgan fingerprint density at radius 3 is 2.69 bits per heavy atom. The van der Waals surface area contributed by atoms with Crippen molar-refractivity contribution < 1.29 is 0 Å². The van der Waals surface area contributed by atoms with E-state index in [2.05, 4.69) is 30.2 Å². The van der Waals surface area contributed by atoms with Crippen LogP contribution in [0.4, 0.5) is 5.69 Å². The number of rotatable bonds is 5. The van der Waals surface area contributed by atoms with Gasteiger partial charge in [0.15, 0.2) is 0 Å². The Morgan fingerprint density at radius 2 is 2.15 bits per heavy atom. The molecule has 1 aromatic heterocycles. The first-order valence-electron chi connectivity index (χ1n) is 5.00. The van der Waals surface area contributed by atoms with Gasteiger partial charge < -0.3 is 5.32 Å². The van der Waals surface area contributed by atoms with E-state index in [1.165, 1.54) is 12.8 Å². The van der Waals surface area contributed by atoms with Crippen LogP contribution in [-0.2, 0) is 0 Å². The molecule has 1 aromatic rings. The number of hydrogen-bond donors (Lipinski definition) is 1. The molecule has 2 heteroatoms. The molecule has 1 N–H and O–H groups in total. The second kappa shape index (κ2) is 5.57. The van der Waals surface area contributed by atoms with Crippen LogP contribution in [0.3, 0.4) is 0 Å². The number of pyridine rings is 1. The van der Waals surface area contributed by atoms with E-state index in [0.29, 0.717) is 0 Å². The summed E-state index contributed by atoms with van der Waals surface area (Å²) in [5, 5.41) is 3.38. The highest BCUT2D eigenvalue weighted by Crippen LogP contribution is 2.09. The lowest BCUT2D eigenvalue weighted by atomic mass is 10.0. The molecule has 0 fully saturated rings. The first kappa shape index (κ1) is 10.0. The second-order valence-electron chi connectivity index (χ2n) is 3.31. The minimum absolute atomic E-state index is 0.778. The number of nitrogens with zero attached hydrogens (tertiary/aromatic N) is 1. The van der Waals surface area contributed by atoms with Crippen molar-refractivity contribution in [3.63, 3.8) is 0 Å². The van der Waals surface area contributed by atoms with Crippen LogP contribution in [0.5, 0.6) is 0 Å². The normalized spacial score (nSPS) is 10.4. The van der Waals surface area contributed by atoms with Crippen molar-refractivity contribution in [2.75, 3.05) is 11.9 Å². The smallest absolute Gasteiger partial charge is 0.0526 e. The van der Waals surface area contributed by atoms with E-state index >= 15 is 0 Å². The van der Waals surface area contributed by atoms with Gasteiger partial charge in [-0.2, -0.15) is 0 Å². The van der Waals surface area contributed by atoms with Gasteiger partial charge in [-0.15, -0.1) is 0 Å². The van der Waals surface area contributed by atoms with Crippen molar-refractivity contribution in [2.24, 2.45) is 5.92 Å². The van der Waals surface area contributed by atoms with E-state index in [1.54, 1.807) is 6.20 Å². The fourth-order valence-corrected chi connectivity index (χ4v) is 1.31. The molecule has 0 saturated carbocycles. The molecule has 13 heavy (non-hydrogen) atoms. The van der Waals surface area contributed by atoms with Crippen molar-refractivity contribution in [1.29, 1.82) is 0 Å². The Labute approximate surface area is 80.4 Å². The molecule has 0 bridgehead atoms. The highest BCUT2D eigenvalue weighted by molar-refractivity contribution is 5.39. The number of hydrogen-bond acceptors (Lipinski definition) is 2. The molecule has 0 amide bonds. The monoisotopic (exact) mass is 178 g/mol. The summed E-state index contributed by atoms with van der Waals surface area (Å²) in [6.45, 7) is 5.52. The van der Waals surface area contributed by atoms with Crippen LogP contribution >= 0.6 is 0 Å². The van der Waals surface area contributed by atoms with Crippen molar-refractivity contribution in [2.45, 2.75) is 26.7 Å². The standard InChI is InChI=1S/C11H18N2/c1-3-10(4-2)8-13-11-6-5-7-12-9-11/h5-7,9-10,13H,3-4,8H2,1-2H3. The molecule has 72 valence electrons. The lowest BCUT2D eigenvalue weighted by Crippen LogP contribution is -2.12. The highest BCUT2D eigenvalue weighted by Gasteiger charge is 2.01. The third-order valence-corrected chi connectivity index (χ3v) is 2.41. The molecule has 0 saturated heterocycles.